The second kappa shape index (κ2) is 7.69. The summed E-state index contributed by atoms with van der Waals surface area (Å²) in [5.41, 5.74) is -0.472. The molecule has 0 spiro atoms. The number of ether oxygens (including phenoxy) is 1. The Morgan fingerprint density at radius 3 is 2.46 bits per heavy atom. The van der Waals surface area contributed by atoms with Crippen LogP contribution in [0.15, 0.2) is 47.4 Å². The van der Waals surface area contributed by atoms with Crippen molar-refractivity contribution < 1.29 is 21.9 Å². The lowest BCUT2D eigenvalue weighted by Gasteiger charge is -2.11. The van der Waals surface area contributed by atoms with Crippen LogP contribution in [0.25, 0.3) is 10.9 Å². The van der Waals surface area contributed by atoms with Crippen molar-refractivity contribution in [3.8, 4) is 5.75 Å². The van der Waals surface area contributed by atoms with Gasteiger partial charge in [0.15, 0.2) is 0 Å². The summed E-state index contributed by atoms with van der Waals surface area (Å²) in [6.45, 7) is 3.86. The predicted octanol–water partition coefficient (Wildman–Crippen LogP) is 4.47. The minimum Gasteiger partial charge on any atom is -0.420 e. The molecule has 0 amide bonds. The molecule has 1 heterocycles. The van der Waals surface area contributed by atoms with E-state index in [2.05, 4.69) is 14.4 Å². The maximum Gasteiger partial charge on any atom is 0.487 e. The number of aryl methyl sites for hydroxylation is 2. The average molecular weight is 429 g/mol. The van der Waals surface area contributed by atoms with E-state index in [0.717, 1.165) is 22.3 Å². The fourth-order valence-electron chi connectivity index (χ4n) is 2.99. The number of fused-ring (bicyclic) bond motifs is 1. The molecule has 0 aliphatic heterocycles. The molecule has 0 saturated carbocycles. The molecule has 3 rings (SSSR count). The number of alkyl halides is 3. The predicted molar refractivity (Wildman–Crippen MR) is 105 cm³/mol. The molecular weight excluding hydrogens is 410 g/mol. The fourth-order valence-corrected chi connectivity index (χ4v) is 4.11. The highest BCUT2D eigenvalue weighted by molar-refractivity contribution is 7.89. The second-order valence-electron chi connectivity index (χ2n) is 6.44. The first-order valence-electron chi connectivity index (χ1n) is 8.48. The van der Waals surface area contributed by atoms with E-state index in [0.29, 0.717) is 11.8 Å². The highest BCUT2D eigenvalue weighted by Crippen LogP contribution is 2.30. The SMILES string of the molecule is Cc1ccc(S(=O)(=O)NCCc2c(C)[nH]c3ccc(OC(F)(F)Cl)cc23)cc1. The lowest BCUT2D eigenvalue weighted by molar-refractivity contribution is -0.0964. The van der Waals surface area contributed by atoms with E-state index in [1.165, 1.54) is 12.1 Å². The van der Waals surface area contributed by atoms with E-state index in [1.807, 2.05) is 13.8 Å². The van der Waals surface area contributed by atoms with Crippen molar-refractivity contribution in [2.75, 3.05) is 6.54 Å². The lowest BCUT2D eigenvalue weighted by atomic mass is 10.1. The van der Waals surface area contributed by atoms with Gasteiger partial charge >= 0.3 is 5.57 Å². The highest BCUT2D eigenvalue weighted by atomic mass is 35.5. The van der Waals surface area contributed by atoms with Gasteiger partial charge in [-0.1, -0.05) is 17.7 Å². The van der Waals surface area contributed by atoms with Gasteiger partial charge < -0.3 is 9.72 Å². The zero-order valence-electron chi connectivity index (χ0n) is 15.2. The molecule has 2 N–H and O–H groups in total. The van der Waals surface area contributed by atoms with Crippen molar-refractivity contribution in [1.29, 1.82) is 0 Å². The van der Waals surface area contributed by atoms with Crippen LogP contribution in [-0.4, -0.2) is 25.5 Å². The van der Waals surface area contributed by atoms with Crippen LogP contribution in [0.2, 0.25) is 0 Å². The Bertz CT molecular complexity index is 1090. The number of rotatable bonds is 7. The van der Waals surface area contributed by atoms with E-state index >= 15 is 0 Å². The minimum atomic E-state index is -3.80. The molecule has 0 radical (unpaired) electrons. The summed E-state index contributed by atoms with van der Waals surface area (Å²) in [6, 6.07) is 11.0. The minimum absolute atomic E-state index is 0.0759. The number of H-pyrrole nitrogens is 1. The van der Waals surface area contributed by atoms with E-state index in [4.69, 9.17) is 11.6 Å². The van der Waals surface area contributed by atoms with Crippen LogP contribution in [0.5, 0.6) is 5.75 Å². The van der Waals surface area contributed by atoms with Crippen molar-refractivity contribution in [1.82, 2.24) is 9.71 Å². The molecule has 28 heavy (non-hydrogen) atoms. The van der Waals surface area contributed by atoms with Gasteiger partial charge in [0.25, 0.3) is 0 Å². The van der Waals surface area contributed by atoms with Crippen molar-refractivity contribution >= 4 is 32.5 Å². The number of aromatic amines is 1. The molecule has 2 aromatic carbocycles. The van der Waals surface area contributed by atoms with E-state index in [1.54, 1.807) is 30.3 Å². The number of aromatic nitrogens is 1. The van der Waals surface area contributed by atoms with Crippen molar-refractivity contribution in [3.63, 3.8) is 0 Å². The molecule has 0 unspecified atom stereocenters. The summed E-state index contributed by atoms with van der Waals surface area (Å²) >= 11 is 4.83. The summed E-state index contributed by atoms with van der Waals surface area (Å²) in [6.07, 6.45) is 0.373. The molecule has 0 bridgehead atoms. The maximum atomic E-state index is 12.9. The Kier molecular flexibility index (Phi) is 5.65. The summed E-state index contributed by atoms with van der Waals surface area (Å²) in [5.74, 6) is -0.0759. The summed E-state index contributed by atoms with van der Waals surface area (Å²) < 4.78 is 57.5. The van der Waals surface area contributed by atoms with Gasteiger partial charge in [0.1, 0.15) is 5.75 Å². The summed E-state index contributed by atoms with van der Waals surface area (Å²) in [5, 5.41) is 0.672. The molecule has 0 aliphatic rings. The molecule has 0 saturated heterocycles. The largest absolute Gasteiger partial charge is 0.487 e. The molecule has 0 atom stereocenters. The third-order valence-electron chi connectivity index (χ3n) is 4.32. The number of halogens is 3. The standard InChI is InChI=1S/C19H19ClF2N2O3S/c1-12-3-6-15(7-4-12)28(25,26)23-10-9-16-13(2)24-18-8-5-14(11-17(16)18)27-19(20,21)22/h3-8,11,23-24H,9-10H2,1-2H3. The molecule has 3 aromatic rings. The number of hydrogen-bond acceptors (Lipinski definition) is 3. The Morgan fingerprint density at radius 2 is 1.82 bits per heavy atom. The zero-order valence-corrected chi connectivity index (χ0v) is 16.8. The first-order chi connectivity index (χ1) is 13.0. The smallest absolute Gasteiger partial charge is 0.420 e. The van der Waals surface area contributed by atoms with Gasteiger partial charge in [0.2, 0.25) is 10.0 Å². The van der Waals surface area contributed by atoms with Gasteiger partial charge in [-0.05, 0) is 56.2 Å². The van der Waals surface area contributed by atoms with E-state index in [9.17, 15) is 17.2 Å². The zero-order chi connectivity index (χ0) is 20.5. The molecule has 0 aliphatic carbocycles. The Morgan fingerprint density at radius 1 is 1.14 bits per heavy atom. The number of sulfonamides is 1. The normalized spacial score (nSPS) is 12.5. The Labute approximate surface area is 166 Å². The molecule has 1 aromatic heterocycles. The van der Waals surface area contributed by atoms with Gasteiger partial charge in [0.05, 0.1) is 4.90 Å². The van der Waals surface area contributed by atoms with Crippen LogP contribution in [-0.2, 0) is 16.4 Å². The monoisotopic (exact) mass is 428 g/mol. The van der Waals surface area contributed by atoms with Gasteiger partial charge in [0, 0.05) is 34.7 Å². The Hall–Kier alpha value is -2.16. The van der Waals surface area contributed by atoms with Crippen LogP contribution in [0.4, 0.5) is 8.78 Å². The fraction of sp³-hybridized carbons (Fsp3) is 0.263. The van der Waals surface area contributed by atoms with Gasteiger partial charge in [-0.15, -0.1) is 8.78 Å². The van der Waals surface area contributed by atoms with Crippen LogP contribution < -0.4 is 9.46 Å². The quantitative estimate of drug-likeness (QED) is 0.545. The number of hydrogen-bond donors (Lipinski definition) is 2. The Balaban J connectivity index is 1.77. The van der Waals surface area contributed by atoms with Gasteiger partial charge in [-0.25, -0.2) is 13.1 Å². The number of benzene rings is 2. The third kappa shape index (κ3) is 4.81. The van der Waals surface area contributed by atoms with Crippen LogP contribution in [0.1, 0.15) is 16.8 Å². The summed E-state index contributed by atoms with van der Waals surface area (Å²) in [7, 11) is -3.63. The van der Waals surface area contributed by atoms with Crippen molar-refractivity contribution in [2.24, 2.45) is 0 Å². The molecule has 5 nitrogen and oxygen atoms in total. The van der Waals surface area contributed by atoms with Crippen molar-refractivity contribution in [2.45, 2.75) is 30.7 Å². The van der Waals surface area contributed by atoms with Crippen LogP contribution >= 0.6 is 11.6 Å². The lowest BCUT2D eigenvalue weighted by Crippen LogP contribution is -2.26. The van der Waals surface area contributed by atoms with Crippen LogP contribution in [0.3, 0.4) is 0 Å². The maximum absolute atomic E-state index is 12.9. The van der Waals surface area contributed by atoms with Crippen LogP contribution in [0, 0.1) is 13.8 Å². The average Bonchev–Trinajstić information content (AvgIpc) is 2.89. The molecule has 150 valence electrons. The second-order valence-corrected chi connectivity index (χ2v) is 8.65. The molecular formula is C19H19ClF2N2O3S. The summed E-state index contributed by atoms with van der Waals surface area (Å²) in [4.78, 5) is 3.34. The topological polar surface area (TPSA) is 71.2 Å². The van der Waals surface area contributed by atoms with Gasteiger partial charge in [-0.3, -0.25) is 0 Å². The third-order valence-corrected chi connectivity index (χ3v) is 5.88. The van der Waals surface area contributed by atoms with E-state index in [-0.39, 0.29) is 17.2 Å². The highest BCUT2D eigenvalue weighted by Gasteiger charge is 2.27. The van der Waals surface area contributed by atoms with Crippen molar-refractivity contribution in [3.05, 3.63) is 59.3 Å². The molecule has 0 fully saturated rings. The first kappa shape index (κ1) is 20.6. The molecule has 9 heteroatoms. The first-order valence-corrected chi connectivity index (χ1v) is 10.3. The number of nitrogens with one attached hydrogen (secondary N) is 2. The van der Waals surface area contributed by atoms with E-state index < -0.39 is 15.6 Å². The van der Waals surface area contributed by atoms with Gasteiger partial charge in [-0.2, -0.15) is 0 Å².